The van der Waals surface area contributed by atoms with Crippen molar-refractivity contribution in [3.8, 4) is 0 Å². The second-order valence-electron chi connectivity index (χ2n) is 5.89. The van der Waals surface area contributed by atoms with Gasteiger partial charge in [-0.25, -0.2) is 0 Å². The molecule has 20 heavy (non-hydrogen) atoms. The minimum Gasteiger partial charge on any atom is -0.310 e. The van der Waals surface area contributed by atoms with Gasteiger partial charge in [-0.3, -0.25) is 4.90 Å². The summed E-state index contributed by atoms with van der Waals surface area (Å²) in [5.41, 5.74) is 0. The Morgan fingerprint density at radius 1 is 1.05 bits per heavy atom. The Balaban J connectivity index is 2.45. The molecule has 2 nitrogen and oxygen atoms in total. The third-order valence-corrected chi connectivity index (χ3v) is 4.51. The van der Waals surface area contributed by atoms with Gasteiger partial charge in [0.2, 0.25) is 0 Å². The van der Waals surface area contributed by atoms with Crippen LogP contribution in [-0.2, 0) is 13.1 Å². The molecule has 0 spiro atoms. The quantitative estimate of drug-likeness (QED) is 0.639. The van der Waals surface area contributed by atoms with E-state index in [2.05, 4.69) is 50.0 Å². The lowest BCUT2D eigenvalue weighted by Crippen LogP contribution is -2.25. The van der Waals surface area contributed by atoms with Crippen LogP contribution in [0.15, 0.2) is 12.1 Å². The predicted molar refractivity (Wildman–Crippen MR) is 91.4 cm³/mol. The van der Waals surface area contributed by atoms with Crippen molar-refractivity contribution in [1.82, 2.24) is 10.2 Å². The van der Waals surface area contributed by atoms with E-state index < -0.39 is 0 Å². The van der Waals surface area contributed by atoms with Crippen LogP contribution in [0.5, 0.6) is 0 Å². The van der Waals surface area contributed by atoms with Crippen LogP contribution in [0.4, 0.5) is 0 Å². The van der Waals surface area contributed by atoms with E-state index in [4.69, 9.17) is 0 Å². The molecule has 0 fully saturated rings. The number of unbranched alkanes of at least 4 members (excludes halogenated alkanes) is 2. The van der Waals surface area contributed by atoms with E-state index in [1.54, 1.807) is 0 Å². The summed E-state index contributed by atoms with van der Waals surface area (Å²) in [6.45, 7) is 13.6. The van der Waals surface area contributed by atoms with Gasteiger partial charge in [-0.15, -0.1) is 11.3 Å². The molecule has 0 aliphatic heterocycles. The Morgan fingerprint density at radius 2 is 1.65 bits per heavy atom. The first-order valence-corrected chi connectivity index (χ1v) is 9.00. The minimum absolute atomic E-state index is 0.561. The molecule has 0 saturated heterocycles. The van der Waals surface area contributed by atoms with E-state index in [9.17, 15) is 0 Å². The van der Waals surface area contributed by atoms with Gasteiger partial charge in [0.1, 0.15) is 0 Å². The van der Waals surface area contributed by atoms with E-state index >= 15 is 0 Å². The summed E-state index contributed by atoms with van der Waals surface area (Å²) in [6.07, 6.45) is 5.21. The first-order valence-electron chi connectivity index (χ1n) is 8.19. The SMILES string of the molecule is CCCCN(CCCC)Cc1ccc(CNC(C)C)s1. The van der Waals surface area contributed by atoms with E-state index in [1.165, 1.54) is 48.5 Å². The smallest absolute Gasteiger partial charge is 0.0328 e. The molecule has 116 valence electrons. The predicted octanol–water partition coefficient (Wildman–Crippen LogP) is 4.65. The fourth-order valence-corrected chi connectivity index (χ4v) is 3.17. The van der Waals surface area contributed by atoms with Gasteiger partial charge in [0.05, 0.1) is 0 Å². The fourth-order valence-electron chi connectivity index (χ4n) is 2.16. The summed E-state index contributed by atoms with van der Waals surface area (Å²) in [4.78, 5) is 5.59. The molecular formula is C17H32N2S. The van der Waals surface area contributed by atoms with Crippen LogP contribution >= 0.6 is 11.3 Å². The van der Waals surface area contributed by atoms with Crippen molar-refractivity contribution >= 4 is 11.3 Å². The maximum atomic E-state index is 3.49. The van der Waals surface area contributed by atoms with Crippen molar-refractivity contribution in [2.75, 3.05) is 13.1 Å². The van der Waals surface area contributed by atoms with Crippen molar-refractivity contribution in [3.63, 3.8) is 0 Å². The molecule has 0 radical (unpaired) electrons. The average Bonchev–Trinajstić information content (AvgIpc) is 2.87. The molecule has 0 amide bonds. The Bertz CT molecular complexity index is 339. The largest absolute Gasteiger partial charge is 0.310 e. The van der Waals surface area contributed by atoms with Gasteiger partial charge in [0.25, 0.3) is 0 Å². The second kappa shape index (κ2) is 10.4. The van der Waals surface area contributed by atoms with Crippen LogP contribution in [0.25, 0.3) is 0 Å². The van der Waals surface area contributed by atoms with Crippen LogP contribution in [0, 0.1) is 0 Å². The van der Waals surface area contributed by atoms with E-state index in [0.29, 0.717) is 6.04 Å². The molecule has 0 bridgehead atoms. The lowest BCUT2D eigenvalue weighted by molar-refractivity contribution is 0.259. The summed E-state index contributed by atoms with van der Waals surface area (Å²) in [6, 6.07) is 5.16. The lowest BCUT2D eigenvalue weighted by Gasteiger charge is -2.21. The first-order chi connectivity index (χ1) is 9.65. The standard InChI is InChI=1S/C17H32N2S/c1-5-7-11-19(12-8-6-2)14-17-10-9-16(20-17)13-18-15(3)4/h9-10,15,18H,5-8,11-14H2,1-4H3. The molecule has 0 aliphatic rings. The molecule has 1 N–H and O–H groups in total. The number of rotatable bonds is 11. The molecule has 1 rings (SSSR count). The van der Waals surface area contributed by atoms with Crippen molar-refractivity contribution in [3.05, 3.63) is 21.9 Å². The zero-order chi connectivity index (χ0) is 14.8. The van der Waals surface area contributed by atoms with Crippen molar-refractivity contribution < 1.29 is 0 Å². The van der Waals surface area contributed by atoms with E-state index in [-0.39, 0.29) is 0 Å². The zero-order valence-corrected chi connectivity index (χ0v) is 14.6. The molecule has 0 atom stereocenters. The molecule has 0 unspecified atom stereocenters. The molecular weight excluding hydrogens is 264 g/mol. The fraction of sp³-hybridized carbons (Fsp3) is 0.765. The summed E-state index contributed by atoms with van der Waals surface area (Å²) in [7, 11) is 0. The summed E-state index contributed by atoms with van der Waals surface area (Å²) in [5.74, 6) is 0. The summed E-state index contributed by atoms with van der Waals surface area (Å²) < 4.78 is 0. The Hall–Kier alpha value is -0.380. The highest BCUT2D eigenvalue weighted by molar-refractivity contribution is 7.11. The Kier molecular flexibility index (Phi) is 9.16. The topological polar surface area (TPSA) is 15.3 Å². The molecule has 0 saturated carbocycles. The molecule has 0 aromatic carbocycles. The van der Waals surface area contributed by atoms with Crippen LogP contribution in [0.1, 0.15) is 63.1 Å². The number of nitrogens with one attached hydrogen (secondary N) is 1. The molecule has 3 heteroatoms. The van der Waals surface area contributed by atoms with Crippen molar-refractivity contribution in [2.45, 2.75) is 72.5 Å². The van der Waals surface area contributed by atoms with Gasteiger partial charge in [0.15, 0.2) is 0 Å². The maximum Gasteiger partial charge on any atom is 0.0328 e. The van der Waals surface area contributed by atoms with Crippen molar-refractivity contribution in [1.29, 1.82) is 0 Å². The Labute approximate surface area is 129 Å². The van der Waals surface area contributed by atoms with Crippen LogP contribution in [0.2, 0.25) is 0 Å². The highest BCUT2D eigenvalue weighted by Gasteiger charge is 2.07. The first kappa shape index (κ1) is 17.7. The summed E-state index contributed by atoms with van der Waals surface area (Å²) >= 11 is 1.97. The Morgan fingerprint density at radius 3 is 2.20 bits per heavy atom. The van der Waals surface area contributed by atoms with E-state index in [1.807, 2.05) is 11.3 Å². The zero-order valence-electron chi connectivity index (χ0n) is 13.7. The van der Waals surface area contributed by atoms with Gasteiger partial charge >= 0.3 is 0 Å². The molecule has 1 aromatic heterocycles. The molecule has 1 heterocycles. The van der Waals surface area contributed by atoms with Gasteiger partial charge in [-0.1, -0.05) is 40.5 Å². The van der Waals surface area contributed by atoms with Crippen LogP contribution < -0.4 is 5.32 Å². The lowest BCUT2D eigenvalue weighted by atomic mass is 10.2. The monoisotopic (exact) mass is 296 g/mol. The average molecular weight is 297 g/mol. The third kappa shape index (κ3) is 7.41. The number of nitrogens with zero attached hydrogens (tertiary/aromatic N) is 1. The molecule has 0 aliphatic carbocycles. The molecule has 1 aromatic rings. The highest BCUT2D eigenvalue weighted by atomic mass is 32.1. The minimum atomic E-state index is 0.561. The third-order valence-electron chi connectivity index (χ3n) is 3.44. The second-order valence-corrected chi connectivity index (χ2v) is 7.14. The normalized spacial score (nSPS) is 11.7. The number of hydrogen-bond donors (Lipinski definition) is 1. The van der Waals surface area contributed by atoms with Gasteiger partial charge in [0, 0.05) is 28.9 Å². The summed E-state index contributed by atoms with van der Waals surface area (Å²) in [5, 5.41) is 3.49. The van der Waals surface area contributed by atoms with Gasteiger partial charge in [-0.05, 0) is 38.1 Å². The van der Waals surface area contributed by atoms with Crippen LogP contribution in [0.3, 0.4) is 0 Å². The highest BCUT2D eigenvalue weighted by Crippen LogP contribution is 2.19. The van der Waals surface area contributed by atoms with Crippen LogP contribution in [-0.4, -0.2) is 24.0 Å². The van der Waals surface area contributed by atoms with Gasteiger partial charge < -0.3 is 5.32 Å². The number of hydrogen-bond acceptors (Lipinski definition) is 3. The maximum absolute atomic E-state index is 3.49. The van der Waals surface area contributed by atoms with Gasteiger partial charge in [-0.2, -0.15) is 0 Å². The number of thiophene rings is 1. The van der Waals surface area contributed by atoms with E-state index in [0.717, 1.165) is 13.1 Å². The van der Waals surface area contributed by atoms with Crippen molar-refractivity contribution in [2.24, 2.45) is 0 Å².